The summed E-state index contributed by atoms with van der Waals surface area (Å²) in [5, 5.41) is 3.85. The van der Waals surface area contributed by atoms with E-state index in [1.807, 2.05) is 49.5 Å². The molecule has 0 radical (unpaired) electrons. The van der Waals surface area contributed by atoms with Gasteiger partial charge in [-0.2, -0.15) is 4.31 Å². The van der Waals surface area contributed by atoms with Gasteiger partial charge in [-0.25, -0.2) is 13.4 Å². The molecule has 0 unspecified atom stereocenters. The van der Waals surface area contributed by atoms with Gasteiger partial charge in [0.2, 0.25) is 21.9 Å². The summed E-state index contributed by atoms with van der Waals surface area (Å²) >= 11 is 12.0. The number of carbonyl (C=O) groups excluding carboxylic acids is 1. The number of amides is 1. The Hall–Kier alpha value is -3.21. The van der Waals surface area contributed by atoms with E-state index in [1.165, 1.54) is 24.3 Å². The Balaban J connectivity index is 1.44. The molecule has 0 aliphatic carbocycles. The van der Waals surface area contributed by atoms with E-state index in [0.717, 1.165) is 34.0 Å². The lowest BCUT2D eigenvalue weighted by Crippen LogP contribution is -2.42. The van der Waals surface area contributed by atoms with Crippen molar-refractivity contribution < 1.29 is 17.9 Å². The van der Waals surface area contributed by atoms with Gasteiger partial charge in [-0.3, -0.25) is 14.7 Å². The van der Waals surface area contributed by atoms with Gasteiger partial charge in [0.15, 0.2) is 0 Å². The second-order valence-corrected chi connectivity index (χ2v) is 12.4. The lowest BCUT2D eigenvalue weighted by atomic mass is 10.2. The first kappa shape index (κ1) is 28.3. The van der Waals surface area contributed by atoms with Crippen LogP contribution in [-0.2, 0) is 19.6 Å². The van der Waals surface area contributed by atoms with Gasteiger partial charge in [-0.1, -0.05) is 53.0 Å². The van der Waals surface area contributed by atoms with Crippen molar-refractivity contribution in [3.05, 3.63) is 94.6 Å². The minimum Gasteiger partial charge on any atom is -0.377 e. The average Bonchev–Trinajstić information content (AvgIpc) is 3.60. The molecule has 1 amide bonds. The van der Waals surface area contributed by atoms with Gasteiger partial charge >= 0.3 is 0 Å². The van der Waals surface area contributed by atoms with Gasteiger partial charge < -0.3 is 4.74 Å². The fourth-order valence-corrected chi connectivity index (χ4v) is 6.15. The van der Waals surface area contributed by atoms with Crippen molar-refractivity contribution in [1.29, 1.82) is 0 Å². The largest absolute Gasteiger partial charge is 0.377 e. The molecule has 5 rings (SSSR count). The molecule has 1 N–H and O–H groups in total. The summed E-state index contributed by atoms with van der Waals surface area (Å²) in [6.45, 7) is 2.19. The third kappa shape index (κ3) is 6.56. The van der Waals surface area contributed by atoms with Crippen molar-refractivity contribution in [2.45, 2.75) is 30.8 Å². The number of ether oxygens (including phenoxy) is 1. The van der Waals surface area contributed by atoms with E-state index < -0.39 is 22.5 Å². The standard InChI is InChI=1S/C29H28Cl2N4O4S/c1-20-4-12-24(13-5-20)35-18-27(21-6-8-22(30)9-7-21)32-29(35)33-28(36)19-34(17-25-3-2-16-39-25)40(37,38)26-14-10-23(31)11-15-26/h4-15,18,25H,2-3,16-17,19H2,1H3,(H,32,33,36)/t25-/m1/s1. The van der Waals surface area contributed by atoms with Crippen LogP contribution in [0, 0.1) is 6.92 Å². The maximum Gasteiger partial charge on any atom is 0.243 e. The average molecular weight is 600 g/mol. The molecule has 208 valence electrons. The number of imidazole rings is 1. The van der Waals surface area contributed by atoms with Crippen molar-refractivity contribution in [3.8, 4) is 16.9 Å². The second kappa shape index (κ2) is 12.1. The maximum absolute atomic E-state index is 13.6. The maximum atomic E-state index is 13.6. The quantitative estimate of drug-likeness (QED) is 0.256. The summed E-state index contributed by atoms with van der Waals surface area (Å²) < 4.78 is 35.8. The van der Waals surface area contributed by atoms with E-state index in [0.29, 0.717) is 22.3 Å². The first-order valence-corrected chi connectivity index (χ1v) is 15.0. The van der Waals surface area contributed by atoms with Crippen LogP contribution >= 0.6 is 23.2 Å². The highest BCUT2D eigenvalue weighted by Gasteiger charge is 2.31. The summed E-state index contributed by atoms with van der Waals surface area (Å²) in [6, 6.07) is 20.9. The fourth-order valence-electron chi connectivity index (χ4n) is 4.47. The molecular weight excluding hydrogens is 571 g/mol. The predicted octanol–water partition coefficient (Wildman–Crippen LogP) is 5.96. The highest BCUT2D eigenvalue weighted by atomic mass is 35.5. The molecule has 1 saturated heterocycles. The van der Waals surface area contributed by atoms with Crippen LogP contribution in [0.4, 0.5) is 5.95 Å². The Morgan fingerprint density at radius 2 is 1.68 bits per heavy atom. The Kier molecular flexibility index (Phi) is 8.58. The molecular formula is C29H28Cl2N4O4S. The van der Waals surface area contributed by atoms with Crippen LogP contribution in [0.5, 0.6) is 0 Å². The molecule has 0 saturated carbocycles. The van der Waals surface area contributed by atoms with E-state index in [1.54, 1.807) is 16.7 Å². The van der Waals surface area contributed by atoms with Crippen LogP contribution in [0.2, 0.25) is 10.0 Å². The first-order valence-electron chi connectivity index (χ1n) is 12.8. The zero-order valence-corrected chi connectivity index (χ0v) is 24.1. The van der Waals surface area contributed by atoms with Gasteiger partial charge in [-0.15, -0.1) is 0 Å². The minimum atomic E-state index is -4.01. The van der Waals surface area contributed by atoms with Crippen molar-refractivity contribution in [2.75, 3.05) is 25.0 Å². The lowest BCUT2D eigenvalue weighted by Gasteiger charge is -2.24. The number of nitrogens with zero attached hydrogens (tertiary/aromatic N) is 3. The van der Waals surface area contributed by atoms with Crippen molar-refractivity contribution in [2.24, 2.45) is 0 Å². The summed E-state index contributed by atoms with van der Waals surface area (Å²) in [4.78, 5) is 18.1. The number of hydrogen-bond acceptors (Lipinski definition) is 5. The zero-order valence-electron chi connectivity index (χ0n) is 21.8. The first-order chi connectivity index (χ1) is 19.2. The smallest absolute Gasteiger partial charge is 0.243 e. The highest BCUT2D eigenvalue weighted by Crippen LogP contribution is 2.27. The second-order valence-electron chi connectivity index (χ2n) is 9.60. The summed E-state index contributed by atoms with van der Waals surface area (Å²) in [5.41, 5.74) is 3.32. The molecule has 1 aliphatic rings. The molecule has 2 heterocycles. The number of carbonyl (C=O) groups is 1. The molecule has 3 aromatic carbocycles. The molecule has 11 heteroatoms. The van der Waals surface area contributed by atoms with Crippen LogP contribution < -0.4 is 5.32 Å². The molecule has 1 fully saturated rings. The number of anilines is 1. The molecule has 1 aliphatic heterocycles. The Labute approximate surface area is 243 Å². The number of nitrogens with one attached hydrogen (secondary N) is 1. The number of rotatable bonds is 9. The van der Waals surface area contributed by atoms with E-state index in [-0.39, 0.29) is 23.5 Å². The predicted molar refractivity (Wildman–Crippen MR) is 157 cm³/mol. The van der Waals surface area contributed by atoms with Crippen molar-refractivity contribution in [3.63, 3.8) is 0 Å². The normalized spacial score (nSPS) is 15.4. The Morgan fingerprint density at radius 1 is 1.02 bits per heavy atom. The lowest BCUT2D eigenvalue weighted by molar-refractivity contribution is -0.116. The summed E-state index contributed by atoms with van der Waals surface area (Å²) in [7, 11) is -4.01. The topological polar surface area (TPSA) is 93.5 Å². The van der Waals surface area contributed by atoms with E-state index in [4.69, 9.17) is 27.9 Å². The molecule has 40 heavy (non-hydrogen) atoms. The van der Waals surface area contributed by atoms with Gasteiger partial charge in [0.25, 0.3) is 0 Å². The fraction of sp³-hybridized carbons (Fsp3) is 0.241. The number of benzene rings is 3. The number of halogens is 2. The number of aryl methyl sites for hydroxylation is 1. The zero-order chi connectivity index (χ0) is 28.3. The highest BCUT2D eigenvalue weighted by molar-refractivity contribution is 7.89. The number of hydrogen-bond donors (Lipinski definition) is 1. The molecule has 0 bridgehead atoms. The molecule has 0 spiro atoms. The monoisotopic (exact) mass is 598 g/mol. The third-order valence-electron chi connectivity index (χ3n) is 6.61. The van der Waals surface area contributed by atoms with E-state index in [9.17, 15) is 13.2 Å². The molecule has 1 aromatic heterocycles. The Morgan fingerprint density at radius 3 is 2.30 bits per heavy atom. The van der Waals surface area contributed by atoms with Crippen LogP contribution in [0.3, 0.4) is 0 Å². The number of aromatic nitrogens is 2. The summed E-state index contributed by atoms with van der Waals surface area (Å²) in [5.74, 6) is -0.267. The van der Waals surface area contributed by atoms with Crippen molar-refractivity contribution in [1.82, 2.24) is 13.9 Å². The third-order valence-corrected chi connectivity index (χ3v) is 8.94. The minimum absolute atomic E-state index is 0.0499. The number of sulfonamides is 1. The molecule has 4 aromatic rings. The van der Waals surface area contributed by atoms with Crippen LogP contribution in [0.15, 0.2) is 83.9 Å². The van der Waals surface area contributed by atoms with Gasteiger partial charge in [0.05, 0.1) is 23.2 Å². The SMILES string of the molecule is Cc1ccc(-n2cc(-c3ccc(Cl)cc3)nc2NC(=O)CN(C[C@H]2CCCO2)S(=O)(=O)c2ccc(Cl)cc2)cc1. The van der Waals surface area contributed by atoms with Crippen LogP contribution in [0.1, 0.15) is 18.4 Å². The van der Waals surface area contributed by atoms with Gasteiger partial charge in [-0.05, 0) is 68.3 Å². The van der Waals surface area contributed by atoms with Gasteiger partial charge in [0, 0.05) is 40.6 Å². The molecule has 8 nitrogen and oxygen atoms in total. The van der Waals surface area contributed by atoms with E-state index in [2.05, 4.69) is 10.3 Å². The van der Waals surface area contributed by atoms with Crippen LogP contribution in [-0.4, -0.2) is 54.0 Å². The van der Waals surface area contributed by atoms with Crippen LogP contribution in [0.25, 0.3) is 16.9 Å². The Bertz CT molecular complexity index is 1580. The van der Waals surface area contributed by atoms with Crippen molar-refractivity contribution >= 4 is 45.1 Å². The van der Waals surface area contributed by atoms with Gasteiger partial charge in [0.1, 0.15) is 0 Å². The summed E-state index contributed by atoms with van der Waals surface area (Å²) in [6.07, 6.45) is 3.09. The van der Waals surface area contributed by atoms with E-state index >= 15 is 0 Å². The molecule has 1 atom stereocenters.